The number of aromatic nitrogens is 2. The van der Waals surface area contributed by atoms with Gasteiger partial charge in [-0.15, -0.1) is 0 Å². The predicted octanol–water partition coefficient (Wildman–Crippen LogP) is 2.54. The van der Waals surface area contributed by atoms with Crippen LogP contribution in [0.3, 0.4) is 0 Å². The first-order valence-corrected chi connectivity index (χ1v) is 9.06. The average molecular weight is 358 g/mol. The van der Waals surface area contributed by atoms with E-state index in [-0.39, 0.29) is 18.2 Å². The van der Waals surface area contributed by atoms with Crippen molar-refractivity contribution in [2.45, 2.75) is 12.8 Å². The van der Waals surface area contributed by atoms with Gasteiger partial charge in [0.1, 0.15) is 5.82 Å². The average Bonchev–Trinajstić information content (AvgIpc) is 3.24. The van der Waals surface area contributed by atoms with Crippen molar-refractivity contribution in [1.82, 2.24) is 15.3 Å². The van der Waals surface area contributed by atoms with Crippen molar-refractivity contribution in [3.8, 4) is 11.4 Å². The molecular formula is C21H18N4O2. The summed E-state index contributed by atoms with van der Waals surface area (Å²) in [6.45, 7) is 1.19. The van der Waals surface area contributed by atoms with Gasteiger partial charge in [0.2, 0.25) is 11.8 Å². The van der Waals surface area contributed by atoms with Crippen LogP contribution in [0.15, 0.2) is 54.6 Å². The molecule has 5 rings (SSSR count). The zero-order valence-corrected chi connectivity index (χ0v) is 14.7. The Bertz CT molecular complexity index is 1070. The number of para-hydroxylation sites is 1. The molecule has 0 radical (unpaired) electrons. The smallest absolute Gasteiger partial charge is 0.235 e. The Morgan fingerprint density at radius 1 is 0.963 bits per heavy atom. The van der Waals surface area contributed by atoms with Gasteiger partial charge in [0, 0.05) is 30.5 Å². The van der Waals surface area contributed by atoms with Gasteiger partial charge in [0.15, 0.2) is 5.82 Å². The van der Waals surface area contributed by atoms with Crippen molar-refractivity contribution in [3.05, 3.63) is 54.6 Å². The molecule has 2 fully saturated rings. The number of nitrogens with one attached hydrogen (secondary N) is 1. The number of imide groups is 1. The van der Waals surface area contributed by atoms with E-state index < -0.39 is 5.41 Å². The first kappa shape index (κ1) is 15.9. The molecule has 1 N–H and O–H groups in total. The molecule has 2 aromatic carbocycles. The third kappa shape index (κ3) is 2.56. The maximum atomic E-state index is 12.3. The Kier molecular flexibility index (Phi) is 3.47. The minimum atomic E-state index is -0.629. The summed E-state index contributed by atoms with van der Waals surface area (Å²) in [6.07, 6.45) is 0.917. The zero-order chi connectivity index (χ0) is 18.4. The van der Waals surface area contributed by atoms with Crippen molar-refractivity contribution in [2.24, 2.45) is 5.41 Å². The fraction of sp³-hybridized carbons (Fsp3) is 0.238. The molecule has 2 aliphatic heterocycles. The summed E-state index contributed by atoms with van der Waals surface area (Å²) in [7, 11) is 0. The van der Waals surface area contributed by atoms with E-state index >= 15 is 0 Å². The Morgan fingerprint density at radius 2 is 1.74 bits per heavy atom. The second-order valence-corrected chi connectivity index (χ2v) is 7.26. The van der Waals surface area contributed by atoms with E-state index in [0.29, 0.717) is 25.3 Å². The number of amides is 2. The summed E-state index contributed by atoms with van der Waals surface area (Å²) < 4.78 is 0. The SMILES string of the molecule is O=C1C[C@]2(CCN(c3nc(-c4ccccc4)nc4ccccc34)C2)C(=O)N1. The first-order chi connectivity index (χ1) is 13.1. The third-order valence-electron chi connectivity index (χ3n) is 5.50. The standard InChI is InChI=1S/C21H18N4O2/c26-17-12-21(20(27)23-17)10-11-25(13-21)19-15-8-4-5-9-16(15)22-18(24-19)14-6-2-1-3-7-14/h1-9H,10-13H2,(H,23,26,27)/t21-/m0/s1. The van der Waals surface area contributed by atoms with Crippen molar-refractivity contribution < 1.29 is 9.59 Å². The molecule has 1 atom stereocenters. The molecule has 27 heavy (non-hydrogen) atoms. The highest BCUT2D eigenvalue weighted by molar-refractivity contribution is 6.06. The van der Waals surface area contributed by atoms with E-state index in [9.17, 15) is 9.59 Å². The summed E-state index contributed by atoms with van der Waals surface area (Å²) in [4.78, 5) is 35.8. The van der Waals surface area contributed by atoms with Crippen LogP contribution in [0, 0.1) is 5.41 Å². The van der Waals surface area contributed by atoms with Crippen molar-refractivity contribution >= 4 is 28.5 Å². The fourth-order valence-corrected chi connectivity index (χ4v) is 4.09. The topological polar surface area (TPSA) is 75.2 Å². The predicted molar refractivity (Wildman–Crippen MR) is 102 cm³/mol. The maximum Gasteiger partial charge on any atom is 0.235 e. The molecule has 3 aromatic rings. The number of carbonyl (C=O) groups excluding carboxylic acids is 2. The second kappa shape index (κ2) is 5.87. The minimum absolute atomic E-state index is 0.156. The Hall–Kier alpha value is -3.28. The van der Waals surface area contributed by atoms with Crippen LogP contribution in [0.2, 0.25) is 0 Å². The van der Waals surface area contributed by atoms with E-state index in [2.05, 4.69) is 10.2 Å². The quantitative estimate of drug-likeness (QED) is 0.713. The monoisotopic (exact) mass is 358 g/mol. The molecule has 2 aliphatic rings. The van der Waals surface area contributed by atoms with E-state index in [1.54, 1.807) is 0 Å². The molecule has 134 valence electrons. The van der Waals surface area contributed by atoms with Gasteiger partial charge in [-0.2, -0.15) is 0 Å². The number of nitrogens with zero attached hydrogens (tertiary/aromatic N) is 3. The van der Waals surface area contributed by atoms with Crippen LogP contribution in [0.4, 0.5) is 5.82 Å². The zero-order valence-electron chi connectivity index (χ0n) is 14.7. The summed E-state index contributed by atoms with van der Waals surface area (Å²) in [6, 6.07) is 17.8. The number of hydrogen-bond donors (Lipinski definition) is 1. The first-order valence-electron chi connectivity index (χ1n) is 9.06. The molecule has 6 nitrogen and oxygen atoms in total. The van der Waals surface area contributed by atoms with Crippen LogP contribution < -0.4 is 10.2 Å². The van der Waals surface area contributed by atoms with Crippen LogP contribution >= 0.6 is 0 Å². The molecule has 2 saturated heterocycles. The van der Waals surface area contributed by atoms with E-state index in [1.165, 1.54) is 0 Å². The van der Waals surface area contributed by atoms with Crippen LogP contribution in [0.5, 0.6) is 0 Å². The van der Waals surface area contributed by atoms with Gasteiger partial charge in [-0.3, -0.25) is 14.9 Å². The largest absolute Gasteiger partial charge is 0.355 e. The fourth-order valence-electron chi connectivity index (χ4n) is 4.09. The summed E-state index contributed by atoms with van der Waals surface area (Å²) in [5.74, 6) is 1.15. The number of anilines is 1. The van der Waals surface area contributed by atoms with Crippen molar-refractivity contribution in [1.29, 1.82) is 0 Å². The molecule has 0 bridgehead atoms. The molecule has 3 heterocycles. The lowest BCUT2D eigenvalue weighted by Crippen LogP contribution is -2.34. The van der Waals surface area contributed by atoms with Crippen LogP contribution in [-0.2, 0) is 9.59 Å². The number of carbonyl (C=O) groups is 2. The number of fused-ring (bicyclic) bond motifs is 1. The molecule has 0 aliphatic carbocycles. The lowest BCUT2D eigenvalue weighted by molar-refractivity contribution is -0.127. The van der Waals surface area contributed by atoms with Gasteiger partial charge >= 0.3 is 0 Å². The number of rotatable bonds is 2. The number of hydrogen-bond acceptors (Lipinski definition) is 5. The molecule has 1 aromatic heterocycles. The lowest BCUT2D eigenvalue weighted by atomic mass is 9.85. The van der Waals surface area contributed by atoms with Gasteiger partial charge in [0.25, 0.3) is 0 Å². The Labute approximate surface area is 156 Å². The highest BCUT2D eigenvalue weighted by Gasteiger charge is 2.51. The maximum absolute atomic E-state index is 12.3. The Balaban J connectivity index is 1.61. The minimum Gasteiger partial charge on any atom is -0.355 e. The van der Waals surface area contributed by atoms with Crippen LogP contribution in [-0.4, -0.2) is 34.9 Å². The molecule has 0 saturated carbocycles. The van der Waals surface area contributed by atoms with E-state index in [1.807, 2.05) is 54.6 Å². The third-order valence-corrected chi connectivity index (χ3v) is 5.50. The normalized spacial score (nSPS) is 22.0. The van der Waals surface area contributed by atoms with Crippen molar-refractivity contribution in [3.63, 3.8) is 0 Å². The lowest BCUT2D eigenvalue weighted by Gasteiger charge is -2.22. The highest BCUT2D eigenvalue weighted by Crippen LogP contribution is 2.40. The van der Waals surface area contributed by atoms with Crippen LogP contribution in [0.25, 0.3) is 22.3 Å². The summed E-state index contributed by atoms with van der Waals surface area (Å²) in [5, 5.41) is 3.42. The van der Waals surface area contributed by atoms with E-state index in [4.69, 9.17) is 9.97 Å². The molecule has 1 spiro atoms. The molecule has 2 amide bonds. The molecular weight excluding hydrogens is 340 g/mol. The number of benzene rings is 2. The van der Waals surface area contributed by atoms with Gasteiger partial charge in [-0.05, 0) is 18.6 Å². The second-order valence-electron chi connectivity index (χ2n) is 7.26. The molecule has 6 heteroatoms. The van der Waals surface area contributed by atoms with E-state index in [0.717, 1.165) is 22.3 Å². The van der Waals surface area contributed by atoms with Crippen molar-refractivity contribution in [2.75, 3.05) is 18.0 Å². The van der Waals surface area contributed by atoms with Gasteiger partial charge < -0.3 is 4.90 Å². The summed E-state index contributed by atoms with van der Waals surface area (Å²) in [5.41, 5.74) is 1.19. The van der Waals surface area contributed by atoms with Gasteiger partial charge in [-0.25, -0.2) is 9.97 Å². The highest BCUT2D eigenvalue weighted by atomic mass is 16.2. The molecule has 0 unspecified atom stereocenters. The van der Waals surface area contributed by atoms with Gasteiger partial charge in [0.05, 0.1) is 10.9 Å². The summed E-state index contributed by atoms with van der Waals surface area (Å²) >= 11 is 0. The van der Waals surface area contributed by atoms with Gasteiger partial charge in [-0.1, -0.05) is 42.5 Å². The Morgan fingerprint density at radius 3 is 2.52 bits per heavy atom. The van der Waals surface area contributed by atoms with Crippen LogP contribution in [0.1, 0.15) is 12.8 Å².